The molecule has 0 saturated heterocycles. The molecule has 0 aliphatic heterocycles. The molecule has 2 aromatic heterocycles. The summed E-state index contributed by atoms with van der Waals surface area (Å²) >= 11 is 7.65. The number of carbonyl (C=O) groups excluding carboxylic acids is 1. The maximum absolute atomic E-state index is 12.9. The van der Waals surface area contributed by atoms with Crippen LogP contribution in [0.2, 0.25) is 5.02 Å². The van der Waals surface area contributed by atoms with Gasteiger partial charge in [-0.15, -0.1) is 0 Å². The number of thiophene rings is 1. The maximum atomic E-state index is 12.9. The average Bonchev–Trinajstić information content (AvgIpc) is 3.30. The number of para-hydroxylation sites is 1. The first-order chi connectivity index (χ1) is 13.1. The van der Waals surface area contributed by atoms with Crippen molar-refractivity contribution < 1.29 is 4.79 Å². The van der Waals surface area contributed by atoms with Crippen LogP contribution in [0.15, 0.2) is 71.6 Å². The second-order valence-electron chi connectivity index (χ2n) is 6.57. The Labute approximate surface area is 167 Å². The van der Waals surface area contributed by atoms with Gasteiger partial charge in [0.2, 0.25) is 5.91 Å². The first-order valence-electron chi connectivity index (χ1n) is 8.71. The summed E-state index contributed by atoms with van der Waals surface area (Å²) in [6.07, 6.45) is 2.38. The number of amides is 1. The Bertz CT molecular complexity index is 1070. The van der Waals surface area contributed by atoms with Crippen LogP contribution < -0.4 is 5.32 Å². The molecule has 0 aliphatic carbocycles. The Morgan fingerprint density at radius 2 is 1.89 bits per heavy atom. The third-order valence-electron chi connectivity index (χ3n) is 4.72. The van der Waals surface area contributed by atoms with E-state index in [1.807, 2.05) is 61.1 Å². The molecule has 136 valence electrons. The van der Waals surface area contributed by atoms with Gasteiger partial charge in [-0.3, -0.25) is 4.79 Å². The summed E-state index contributed by atoms with van der Waals surface area (Å²) < 4.78 is 2.06. The fraction of sp³-hybridized carbons (Fsp3) is 0.136. The minimum atomic E-state index is -0.184. The standard InChI is InChI=1S/C22H19ClN2OS/c1-25-13-17(19-4-2-3-5-20(19)25)12-21(26)24-22(16-10-11-27-14-16)15-6-8-18(23)9-7-15/h2-11,13-14,22H,12H2,1H3,(H,24,26). The molecule has 3 nitrogen and oxygen atoms in total. The monoisotopic (exact) mass is 394 g/mol. The van der Waals surface area contributed by atoms with E-state index in [-0.39, 0.29) is 11.9 Å². The lowest BCUT2D eigenvalue weighted by atomic mass is 10.0. The molecule has 4 rings (SSSR count). The van der Waals surface area contributed by atoms with Crippen molar-refractivity contribution in [2.75, 3.05) is 0 Å². The Morgan fingerprint density at radius 3 is 2.63 bits per heavy atom. The van der Waals surface area contributed by atoms with Crippen LogP contribution >= 0.6 is 22.9 Å². The minimum absolute atomic E-state index is 0.00231. The first kappa shape index (κ1) is 17.8. The predicted octanol–water partition coefficient (Wildman–Crippen LogP) is 5.34. The van der Waals surface area contributed by atoms with E-state index in [0.29, 0.717) is 11.4 Å². The fourth-order valence-corrected chi connectivity index (χ4v) is 4.22. The van der Waals surface area contributed by atoms with Crippen LogP contribution in [0.1, 0.15) is 22.7 Å². The summed E-state index contributed by atoms with van der Waals surface area (Å²) in [5, 5.41) is 9.09. The van der Waals surface area contributed by atoms with Gasteiger partial charge in [-0.25, -0.2) is 0 Å². The van der Waals surface area contributed by atoms with E-state index in [1.54, 1.807) is 11.3 Å². The quantitative estimate of drug-likeness (QED) is 0.487. The molecule has 4 aromatic rings. The molecular formula is C22H19ClN2OS. The van der Waals surface area contributed by atoms with Gasteiger partial charge >= 0.3 is 0 Å². The lowest BCUT2D eigenvalue weighted by Gasteiger charge is -2.18. The summed E-state index contributed by atoms with van der Waals surface area (Å²) in [7, 11) is 2.01. The minimum Gasteiger partial charge on any atom is -0.350 e. The van der Waals surface area contributed by atoms with Gasteiger partial charge in [0.1, 0.15) is 0 Å². The number of aryl methyl sites for hydroxylation is 1. The molecule has 1 N–H and O–H groups in total. The van der Waals surface area contributed by atoms with Crippen LogP contribution in [-0.2, 0) is 18.3 Å². The highest BCUT2D eigenvalue weighted by Crippen LogP contribution is 2.26. The van der Waals surface area contributed by atoms with E-state index in [4.69, 9.17) is 11.6 Å². The maximum Gasteiger partial charge on any atom is 0.225 e. The number of carbonyl (C=O) groups is 1. The highest BCUT2D eigenvalue weighted by Gasteiger charge is 2.19. The molecule has 0 saturated carbocycles. The molecule has 0 bridgehead atoms. The van der Waals surface area contributed by atoms with Gasteiger partial charge < -0.3 is 9.88 Å². The van der Waals surface area contributed by atoms with E-state index >= 15 is 0 Å². The van der Waals surface area contributed by atoms with Crippen molar-refractivity contribution in [3.63, 3.8) is 0 Å². The summed E-state index contributed by atoms with van der Waals surface area (Å²) in [6.45, 7) is 0. The summed E-state index contributed by atoms with van der Waals surface area (Å²) in [6, 6.07) is 17.6. The Hall–Kier alpha value is -2.56. The third-order valence-corrected chi connectivity index (χ3v) is 5.67. The second kappa shape index (κ2) is 7.59. The third kappa shape index (κ3) is 3.77. The number of rotatable bonds is 5. The van der Waals surface area contributed by atoms with E-state index < -0.39 is 0 Å². The average molecular weight is 395 g/mol. The Balaban J connectivity index is 1.59. The van der Waals surface area contributed by atoms with Gasteiger partial charge in [0.25, 0.3) is 0 Å². The zero-order valence-electron chi connectivity index (χ0n) is 14.9. The van der Waals surface area contributed by atoms with Crippen LogP contribution in [0, 0.1) is 0 Å². The topological polar surface area (TPSA) is 34.0 Å². The van der Waals surface area contributed by atoms with Gasteiger partial charge in [0.05, 0.1) is 12.5 Å². The molecule has 0 fully saturated rings. The number of halogens is 1. The summed E-state index contributed by atoms with van der Waals surface area (Å²) in [4.78, 5) is 12.9. The van der Waals surface area contributed by atoms with Crippen molar-refractivity contribution in [2.24, 2.45) is 7.05 Å². The molecule has 0 aliphatic rings. The number of hydrogen-bond donors (Lipinski definition) is 1. The molecule has 1 atom stereocenters. The number of fused-ring (bicyclic) bond motifs is 1. The smallest absolute Gasteiger partial charge is 0.225 e. The number of nitrogens with zero attached hydrogens (tertiary/aromatic N) is 1. The predicted molar refractivity (Wildman–Crippen MR) is 112 cm³/mol. The lowest BCUT2D eigenvalue weighted by Crippen LogP contribution is -2.30. The van der Waals surface area contributed by atoms with Gasteiger partial charge in [-0.1, -0.05) is 41.9 Å². The van der Waals surface area contributed by atoms with Gasteiger partial charge in [0.15, 0.2) is 0 Å². The van der Waals surface area contributed by atoms with E-state index in [1.165, 1.54) is 0 Å². The summed E-state index contributed by atoms with van der Waals surface area (Å²) in [5.74, 6) is -0.00231. The molecule has 1 amide bonds. The van der Waals surface area contributed by atoms with Crippen molar-refractivity contribution in [3.8, 4) is 0 Å². The highest BCUT2D eigenvalue weighted by molar-refractivity contribution is 7.08. The van der Waals surface area contributed by atoms with Crippen LogP contribution in [0.5, 0.6) is 0 Å². The zero-order chi connectivity index (χ0) is 18.8. The highest BCUT2D eigenvalue weighted by atomic mass is 35.5. The zero-order valence-corrected chi connectivity index (χ0v) is 16.4. The van der Waals surface area contributed by atoms with Crippen molar-refractivity contribution in [3.05, 3.63) is 93.3 Å². The first-order valence-corrected chi connectivity index (χ1v) is 10.0. The van der Waals surface area contributed by atoms with Crippen molar-refractivity contribution in [1.82, 2.24) is 9.88 Å². The molecule has 0 spiro atoms. The van der Waals surface area contributed by atoms with Crippen LogP contribution in [0.4, 0.5) is 0 Å². The van der Waals surface area contributed by atoms with Gasteiger partial charge in [0, 0.05) is 29.2 Å². The normalized spacial score (nSPS) is 12.2. The van der Waals surface area contributed by atoms with Gasteiger partial charge in [-0.05, 0) is 51.7 Å². The van der Waals surface area contributed by atoms with Crippen LogP contribution in [0.3, 0.4) is 0 Å². The van der Waals surface area contributed by atoms with Gasteiger partial charge in [-0.2, -0.15) is 11.3 Å². The number of benzene rings is 2. The summed E-state index contributed by atoms with van der Waals surface area (Å²) in [5.41, 5.74) is 4.26. The molecular weight excluding hydrogens is 376 g/mol. The number of nitrogens with one attached hydrogen (secondary N) is 1. The Kier molecular flexibility index (Phi) is 5.01. The van der Waals surface area contributed by atoms with Crippen molar-refractivity contribution in [1.29, 1.82) is 0 Å². The van der Waals surface area contributed by atoms with E-state index in [0.717, 1.165) is 27.6 Å². The second-order valence-corrected chi connectivity index (χ2v) is 7.78. The molecule has 1 unspecified atom stereocenters. The fourth-order valence-electron chi connectivity index (χ4n) is 3.41. The molecule has 27 heavy (non-hydrogen) atoms. The van der Waals surface area contributed by atoms with E-state index in [9.17, 15) is 4.79 Å². The van der Waals surface area contributed by atoms with Crippen LogP contribution in [0.25, 0.3) is 10.9 Å². The number of hydrogen-bond acceptors (Lipinski definition) is 2. The van der Waals surface area contributed by atoms with Crippen molar-refractivity contribution >= 4 is 39.7 Å². The number of aromatic nitrogens is 1. The molecule has 0 radical (unpaired) electrons. The van der Waals surface area contributed by atoms with Crippen LogP contribution in [-0.4, -0.2) is 10.5 Å². The van der Waals surface area contributed by atoms with Crippen molar-refractivity contribution in [2.45, 2.75) is 12.5 Å². The Morgan fingerprint density at radius 1 is 1.11 bits per heavy atom. The molecule has 2 aromatic carbocycles. The molecule has 2 heterocycles. The molecule has 5 heteroatoms. The largest absolute Gasteiger partial charge is 0.350 e. The van der Waals surface area contributed by atoms with E-state index in [2.05, 4.69) is 27.4 Å². The SMILES string of the molecule is Cn1cc(CC(=O)NC(c2ccc(Cl)cc2)c2ccsc2)c2ccccc21. The lowest BCUT2D eigenvalue weighted by molar-refractivity contribution is -0.120.